The number of nitrogens with two attached hydrogens (primary N) is 1. The molecular formula is C20H27ClN2O4. The van der Waals surface area contributed by atoms with Gasteiger partial charge in [0.2, 0.25) is 5.91 Å². The maximum absolute atomic E-state index is 11.1. The van der Waals surface area contributed by atoms with E-state index in [9.17, 15) is 15.0 Å². The third-order valence-corrected chi connectivity index (χ3v) is 4.07. The molecule has 1 unspecified atom stereocenters. The molecule has 2 aromatic carbocycles. The monoisotopic (exact) mass is 394 g/mol. The normalized spacial score (nSPS) is 12.7. The number of carbonyl (C=O) groups excluding carboxylic acids is 1. The second kappa shape index (κ2) is 11.4. The lowest BCUT2D eigenvalue weighted by atomic mass is 10.0. The zero-order valence-electron chi connectivity index (χ0n) is 15.3. The fourth-order valence-electron chi connectivity index (χ4n) is 2.48. The minimum atomic E-state index is -0.644. The van der Waals surface area contributed by atoms with E-state index in [2.05, 4.69) is 12.2 Å². The third-order valence-electron chi connectivity index (χ3n) is 4.07. The number of benzene rings is 2. The maximum atomic E-state index is 11.1. The smallest absolute Gasteiger partial charge is 0.248 e. The van der Waals surface area contributed by atoms with Crippen molar-refractivity contribution in [1.29, 1.82) is 0 Å². The second-order valence-electron chi connectivity index (χ2n) is 6.37. The molecule has 0 heterocycles. The number of aromatic hydroxyl groups is 1. The average molecular weight is 395 g/mol. The van der Waals surface area contributed by atoms with E-state index in [-0.39, 0.29) is 30.8 Å². The Kier molecular flexibility index (Phi) is 9.64. The molecule has 0 fully saturated rings. The van der Waals surface area contributed by atoms with E-state index in [0.717, 1.165) is 18.4 Å². The number of aliphatic hydroxyl groups is 1. The van der Waals surface area contributed by atoms with Gasteiger partial charge in [-0.15, -0.1) is 12.4 Å². The molecule has 2 atom stereocenters. The van der Waals surface area contributed by atoms with Gasteiger partial charge in [0, 0.05) is 24.2 Å². The van der Waals surface area contributed by atoms with Gasteiger partial charge in [-0.1, -0.05) is 18.2 Å². The van der Waals surface area contributed by atoms with Gasteiger partial charge in [0.25, 0.3) is 0 Å². The predicted octanol–water partition coefficient (Wildman–Crippen LogP) is 2.26. The largest absolute Gasteiger partial charge is 0.508 e. The number of halogens is 1. The SMILES string of the molecule is C[C@H](CCc1ccc(C(N)=O)cc1)NCC(O)COc1cccc(O)c1.Cl. The first kappa shape index (κ1) is 22.8. The van der Waals surface area contributed by atoms with Gasteiger partial charge in [0.15, 0.2) is 0 Å². The molecule has 148 valence electrons. The quantitative estimate of drug-likeness (QED) is 0.494. The molecule has 5 N–H and O–H groups in total. The van der Waals surface area contributed by atoms with Crippen LogP contribution in [-0.4, -0.2) is 41.4 Å². The van der Waals surface area contributed by atoms with E-state index < -0.39 is 12.0 Å². The predicted molar refractivity (Wildman–Crippen MR) is 108 cm³/mol. The van der Waals surface area contributed by atoms with Gasteiger partial charge in [0.1, 0.15) is 24.2 Å². The van der Waals surface area contributed by atoms with E-state index in [1.807, 2.05) is 12.1 Å². The van der Waals surface area contributed by atoms with Crippen LogP contribution >= 0.6 is 12.4 Å². The summed E-state index contributed by atoms with van der Waals surface area (Å²) in [6, 6.07) is 14.0. The van der Waals surface area contributed by atoms with Crippen molar-refractivity contribution in [2.45, 2.75) is 31.9 Å². The van der Waals surface area contributed by atoms with Gasteiger partial charge in [-0.05, 0) is 49.6 Å². The second-order valence-corrected chi connectivity index (χ2v) is 6.37. The standard InChI is InChI=1S/C20H26N2O4.ClH/c1-14(5-6-15-7-9-16(10-8-15)20(21)25)22-12-18(24)13-26-19-4-2-3-17(23)11-19;/h2-4,7-11,14,18,22-24H,5-6,12-13H2,1H3,(H2,21,25);1H/t14-,18?;/m1./s1. The van der Waals surface area contributed by atoms with Crippen molar-refractivity contribution < 1.29 is 19.7 Å². The molecule has 6 nitrogen and oxygen atoms in total. The molecule has 27 heavy (non-hydrogen) atoms. The molecule has 0 aromatic heterocycles. The lowest BCUT2D eigenvalue weighted by molar-refractivity contribution is 0.1000. The van der Waals surface area contributed by atoms with Gasteiger partial charge in [-0.2, -0.15) is 0 Å². The number of ether oxygens (including phenoxy) is 1. The zero-order valence-corrected chi connectivity index (χ0v) is 16.1. The number of phenols is 1. The van der Waals surface area contributed by atoms with Gasteiger partial charge in [-0.3, -0.25) is 4.79 Å². The van der Waals surface area contributed by atoms with Gasteiger partial charge < -0.3 is 26.0 Å². The Morgan fingerprint density at radius 2 is 1.93 bits per heavy atom. The van der Waals surface area contributed by atoms with Crippen molar-refractivity contribution in [3.63, 3.8) is 0 Å². The molecule has 0 aliphatic heterocycles. The van der Waals surface area contributed by atoms with Crippen LogP contribution in [0.1, 0.15) is 29.3 Å². The summed E-state index contributed by atoms with van der Waals surface area (Å²) >= 11 is 0. The number of primary amides is 1. The lowest BCUT2D eigenvalue weighted by Gasteiger charge is -2.18. The number of rotatable bonds is 10. The van der Waals surface area contributed by atoms with Gasteiger partial charge in [-0.25, -0.2) is 0 Å². The molecule has 7 heteroatoms. The first-order valence-electron chi connectivity index (χ1n) is 8.66. The van der Waals surface area contributed by atoms with Crippen molar-refractivity contribution in [2.24, 2.45) is 5.73 Å². The van der Waals surface area contributed by atoms with Crippen molar-refractivity contribution in [3.8, 4) is 11.5 Å². The van der Waals surface area contributed by atoms with Crippen molar-refractivity contribution in [1.82, 2.24) is 5.32 Å². The fourth-order valence-corrected chi connectivity index (χ4v) is 2.48. The summed E-state index contributed by atoms with van der Waals surface area (Å²) in [6.07, 6.45) is 1.12. The van der Waals surface area contributed by atoms with E-state index in [1.165, 1.54) is 6.07 Å². The van der Waals surface area contributed by atoms with Crippen LogP contribution in [-0.2, 0) is 6.42 Å². The van der Waals surface area contributed by atoms with E-state index in [4.69, 9.17) is 10.5 Å². The summed E-state index contributed by atoms with van der Waals surface area (Å²) in [5.41, 5.74) is 6.87. The van der Waals surface area contributed by atoms with Crippen LogP contribution in [0, 0.1) is 0 Å². The number of nitrogens with one attached hydrogen (secondary N) is 1. The van der Waals surface area contributed by atoms with Crippen LogP contribution in [0.3, 0.4) is 0 Å². The Morgan fingerprint density at radius 1 is 1.22 bits per heavy atom. The zero-order chi connectivity index (χ0) is 18.9. The van der Waals surface area contributed by atoms with Crippen LogP contribution in [0.4, 0.5) is 0 Å². The molecule has 2 aromatic rings. The molecule has 0 aliphatic carbocycles. The summed E-state index contributed by atoms with van der Waals surface area (Å²) in [7, 11) is 0. The number of aliphatic hydroxyl groups excluding tert-OH is 1. The molecule has 0 spiro atoms. The number of carbonyl (C=O) groups is 1. The number of hydrogen-bond acceptors (Lipinski definition) is 5. The molecule has 0 saturated carbocycles. The number of hydrogen-bond donors (Lipinski definition) is 4. The molecule has 0 radical (unpaired) electrons. The Balaban J connectivity index is 0.00000364. The van der Waals surface area contributed by atoms with Crippen LogP contribution in [0.5, 0.6) is 11.5 Å². The molecule has 2 rings (SSSR count). The molecular weight excluding hydrogens is 368 g/mol. The summed E-state index contributed by atoms with van der Waals surface area (Å²) in [5.74, 6) is 0.234. The van der Waals surface area contributed by atoms with Crippen molar-refractivity contribution >= 4 is 18.3 Å². The van der Waals surface area contributed by atoms with Gasteiger partial charge >= 0.3 is 0 Å². The Morgan fingerprint density at radius 3 is 2.56 bits per heavy atom. The minimum Gasteiger partial charge on any atom is -0.508 e. The molecule has 1 amide bonds. The fraction of sp³-hybridized carbons (Fsp3) is 0.350. The first-order valence-corrected chi connectivity index (χ1v) is 8.66. The number of aryl methyl sites for hydroxylation is 1. The molecule has 0 bridgehead atoms. The first-order chi connectivity index (χ1) is 12.4. The molecule has 0 saturated heterocycles. The Bertz CT molecular complexity index is 709. The highest BCUT2D eigenvalue weighted by atomic mass is 35.5. The summed E-state index contributed by atoms with van der Waals surface area (Å²) in [6.45, 7) is 2.62. The summed E-state index contributed by atoms with van der Waals surface area (Å²) in [5, 5.41) is 22.7. The third kappa shape index (κ3) is 8.30. The van der Waals surface area contributed by atoms with Crippen LogP contribution in [0.25, 0.3) is 0 Å². The molecule has 0 aliphatic rings. The van der Waals surface area contributed by atoms with Crippen LogP contribution in [0.2, 0.25) is 0 Å². The van der Waals surface area contributed by atoms with Crippen molar-refractivity contribution in [2.75, 3.05) is 13.2 Å². The summed E-state index contributed by atoms with van der Waals surface area (Å²) in [4.78, 5) is 11.1. The highest BCUT2D eigenvalue weighted by molar-refractivity contribution is 5.92. The summed E-state index contributed by atoms with van der Waals surface area (Å²) < 4.78 is 5.45. The van der Waals surface area contributed by atoms with E-state index in [1.54, 1.807) is 30.3 Å². The van der Waals surface area contributed by atoms with Crippen LogP contribution in [0.15, 0.2) is 48.5 Å². The maximum Gasteiger partial charge on any atom is 0.248 e. The Labute approximate surface area is 165 Å². The number of phenolic OH excluding ortho intramolecular Hbond substituents is 1. The van der Waals surface area contributed by atoms with Crippen molar-refractivity contribution in [3.05, 3.63) is 59.7 Å². The lowest BCUT2D eigenvalue weighted by Crippen LogP contribution is -2.36. The highest BCUT2D eigenvalue weighted by Gasteiger charge is 2.09. The van der Waals surface area contributed by atoms with E-state index >= 15 is 0 Å². The topological polar surface area (TPSA) is 105 Å². The van der Waals surface area contributed by atoms with Gasteiger partial charge in [0.05, 0.1) is 0 Å². The van der Waals surface area contributed by atoms with E-state index in [0.29, 0.717) is 17.9 Å². The Hall–Kier alpha value is -2.28. The number of amides is 1. The van der Waals surface area contributed by atoms with Crippen LogP contribution < -0.4 is 15.8 Å². The average Bonchev–Trinajstić information content (AvgIpc) is 2.63. The minimum absolute atomic E-state index is 0. The highest BCUT2D eigenvalue weighted by Crippen LogP contribution is 2.17.